The van der Waals surface area contributed by atoms with E-state index in [-0.39, 0.29) is 10.8 Å². The highest BCUT2D eigenvalue weighted by Crippen LogP contribution is 2.32. The van der Waals surface area contributed by atoms with Crippen LogP contribution in [0.5, 0.6) is 0 Å². The van der Waals surface area contributed by atoms with Crippen molar-refractivity contribution in [2.75, 3.05) is 5.32 Å². The van der Waals surface area contributed by atoms with E-state index in [1.165, 1.54) is 11.3 Å². The first-order valence-electron chi connectivity index (χ1n) is 4.56. The molecule has 0 unspecified atom stereocenters. The van der Waals surface area contributed by atoms with Crippen molar-refractivity contribution >= 4 is 72.1 Å². The lowest BCUT2D eigenvalue weighted by Crippen LogP contribution is -2.13. The molecule has 2 aromatic heterocycles. The third-order valence-electron chi connectivity index (χ3n) is 2.01. The van der Waals surface area contributed by atoms with Crippen LogP contribution < -0.4 is 5.32 Å². The van der Waals surface area contributed by atoms with E-state index in [9.17, 15) is 9.59 Å². The molecule has 0 aliphatic rings. The van der Waals surface area contributed by atoms with Gasteiger partial charge < -0.3 is 10.4 Å². The van der Waals surface area contributed by atoms with E-state index in [0.29, 0.717) is 15.0 Å². The Hall–Kier alpha value is -0.700. The summed E-state index contributed by atoms with van der Waals surface area (Å²) in [5.74, 6) is -1.39. The number of carbonyl (C=O) groups is 2. The summed E-state index contributed by atoms with van der Waals surface area (Å²) in [5.41, 5.74) is 0.779. The van der Waals surface area contributed by atoms with Crippen molar-refractivity contribution in [2.24, 2.45) is 0 Å². The van der Waals surface area contributed by atoms with Gasteiger partial charge in [-0.05, 0) is 49.4 Å². The van der Waals surface area contributed by atoms with Crippen LogP contribution in [0.25, 0.3) is 0 Å². The number of aromatic carboxylic acids is 1. The van der Waals surface area contributed by atoms with Crippen molar-refractivity contribution in [3.05, 3.63) is 35.5 Å². The van der Waals surface area contributed by atoms with Crippen LogP contribution in [0.4, 0.5) is 5.69 Å². The first-order chi connectivity index (χ1) is 8.49. The van der Waals surface area contributed by atoms with Crippen molar-refractivity contribution in [1.29, 1.82) is 0 Å². The fraction of sp³-hybridized carbons (Fsp3) is 0. The highest BCUT2D eigenvalue weighted by atomic mass is 79.9. The van der Waals surface area contributed by atoms with Crippen LogP contribution in [-0.4, -0.2) is 17.0 Å². The Bertz CT molecular complexity index is 620. The lowest BCUT2D eigenvalue weighted by molar-refractivity contribution is 0.0703. The Morgan fingerprint density at radius 3 is 2.61 bits per heavy atom. The molecule has 2 rings (SSSR count). The largest absolute Gasteiger partial charge is 0.477 e. The lowest BCUT2D eigenvalue weighted by atomic mass is 10.3. The number of amides is 1. The highest BCUT2D eigenvalue weighted by Gasteiger charge is 2.18. The molecule has 4 nitrogen and oxygen atoms in total. The number of carbonyl (C=O) groups excluding carboxylic acids is 1. The Kier molecular flexibility index (Phi) is 4.21. The molecule has 0 aliphatic heterocycles. The number of carboxylic acid groups (broad SMARTS) is 1. The minimum atomic E-state index is -1.05. The van der Waals surface area contributed by atoms with Gasteiger partial charge in [-0.2, -0.15) is 0 Å². The summed E-state index contributed by atoms with van der Waals surface area (Å²) in [6, 6.07) is 3.25. The summed E-state index contributed by atoms with van der Waals surface area (Å²) in [5, 5.41) is 13.2. The number of carboxylic acids is 1. The van der Waals surface area contributed by atoms with E-state index in [1.807, 2.05) is 0 Å². The van der Waals surface area contributed by atoms with Crippen molar-refractivity contribution in [2.45, 2.75) is 0 Å². The molecule has 0 saturated carbocycles. The van der Waals surface area contributed by atoms with Crippen molar-refractivity contribution in [3.63, 3.8) is 0 Å². The number of halogens is 2. The average molecular weight is 411 g/mol. The lowest BCUT2D eigenvalue weighted by Gasteiger charge is -2.03. The van der Waals surface area contributed by atoms with Gasteiger partial charge in [-0.25, -0.2) is 4.79 Å². The van der Waals surface area contributed by atoms with E-state index in [4.69, 9.17) is 5.11 Å². The van der Waals surface area contributed by atoms with Crippen molar-refractivity contribution in [1.82, 2.24) is 0 Å². The van der Waals surface area contributed by atoms with E-state index < -0.39 is 5.97 Å². The minimum absolute atomic E-state index is 0.119. The summed E-state index contributed by atoms with van der Waals surface area (Å²) < 4.78 is 1.52. The molecule has 0 bridgehead atoms. The molecular formula is C10H5Br2NO3S2. The molecule has 2 aromatic rings. The molecule has 0 fully saturated rings. The topological polar surface area (TPSA) is 66.4 Å². The van der Waals surface area contributed by atoms with Crippen LogP contribution >= 0.6 is 54.5 Å². The Balaban J connectivity index is 2.24. The first-order valence-corrected chi connectivity index (χ1v) is 7.84. The zero-order valence-corrected chi connectivity index (χ0v) is 13.4. The number of anilines is 1. The zero-order valence-electron chi connectivity index (χ0n) is 8.57. The molecule has 0 saturated heterocycles. The van der Waals surface area contributed by atoms with Gasteiger partial charge in [-0.15, -0.1) is 22.7 Å². The SMILES string of the molecule is O=C(Nc1ccsc1C(=O)O)c1cc(Br)sc1Br. The standard InChI is InChI=1S/C10H5Br2NO3S2/c11-6-3-4(8(12)18-6)9(14)13-5-1-2-17-7(5)10(15)16/h1-3H,(H,13,14)(H,15,16). The summed E-state index contributed by atoms with van der Waals surface area (Å²) >= 11 is 9.02. The molecule has 2 N–H and O–H groups in total. The third-order valence-corrected chi connectivity index (χ3v) is 5.25. The van der Waals surface area contributed by atoms with Crippen LogP contribution in [0.1, 0.15) is 20.0 Å². The number of thiophene rings is 2. The zero-order chi connectivity index (χ0) is 13.3. The molecule has 94 valence electrons. The number of hydrogen-bond acceptors (Lipinski definition) is 4. The van der Waals surface area contributed by atoms with Gasteiger partial charge in [-0.3, -0.25) is 4.79 Å². The van der Waals surface area contributed by atoms with E-state index in [1.54, 1.807) is 17.5 Å². The molecule has 0 atom stereocenters. The summed E-state index contributed by atoms with van der Waals surface area (Å²) in [6.07, 6.45) is 0. The Morgan fingerprint density at radius 2 is 2.06 bits per heavy atom. The first kappa shape index (κ1) is 13.7. The van der Waals surface area contributed by atoms with Gasteiger partial charge in [0.2, 0.25) is 0 Å². The molecule has 1 amide bonds. The second kappa shape index (κ2) is 5.52. The van der Waals surface area contributed by atoms with Crippen LogP contribution in [0, 0.1) is 0 Å². The maximum atomic E-state index is 12.0. The summed E-state index contributed by atoms with van der Waals surface area (Å²) in [4.78, 5) is 23.0. The predicted octanol–water partition coefficient (Wildman–Crippen LogP) is 4.29. The van der Waals surface area contributed by atoms with Gasteiger partial charge in [0.25, 0.3) is 5.91 Å². The normalized spacial score (nSPS) is 10.3. The van der Waals surface area contributed by atoms with E-state index in [2.05, 4.69) is 37.2 Å². The maximum Gasteiger partial charge on any atom is 0.348 e. The maximum absolute atomic E-state index is 12.0. The van der Waals surface area contributed by atoms with Crippen LogP contribution in [-0.2, 0) is 0 Å². The molecule has 8 heteroatoms. The molecule has 0 spiro atoms. The van der Waals surface area contributed by atoms with Crippen molar-refractivity contribution < 1.29 is 14.7 Å². The van der Waals surface area contributed by atoms with Gasteiger partial charge in [0.1, 0.15) is 4.88 Å². The highest BCUT2D eigenvalue weighted by molar-refractivity contribution is 9.12. The van der Waals surface area contributed by atoms with Gasteiger partial charge in [0.15, 0.2) is 0 Å². The van der Waals surface area contributed by atoms with Crippen LogP contribution in [0.15, 0.2) is 25.1 Å². The monoisotopic (exact) mass is 409 g/mol. The molecule has 0 aliphatic carbocycles. The smallest absolute Gasteiger partial charge is 0.348 e. The van der Waals surface area contributed by atoms with Crippen LogP contribution in [0.2, 0.25) is 0 Å². The fourth-order valence-electron chi connectivity index (χ4n) is 1.26. The van der Waals surface area contributed by atoms with Gasteiger partial charge in [0, 0.05) is 0 Å². The predicted molar refractivity (Wildman–Crippen MR) is 79.0 cm³/mol. The Morgan fingerprint density at radius 1 is 1.33 bits per heavy atom. The fourth-order valence-corrected chi connectivity index (χ4v) is 4.74. The molecule has 2 heterocycles. The summed E-state index contributed by atoms with van der Waals surface area (Å²) in [6.45, 7) is 0. The number of nitrogens with one attached hydrogen (secondary N) is 1. The average Bonchev–Trinajstić information content (AvgIpc) is 2.85. The number of rotatable bonds is 3. The second-order valence-corrected chi connectivity index (χ2v) is 7.83. The van der Waals surface area contributed by atoms with E-state index in [0.717, 1.165) is 15.1 Å². The van der Waals surface area contributed by atoms with Gasteiger partial charge in [0.05, 0.1) is 18.8 Å². The number of hydrogen-bond donors (Lipinski definition) is 2. The molecule has 0 aromatic carbocycles. The molecule has 0 radical (unpaired) electrons. The third kappa shape index (κ3) is 2.82. The molecular weight excluding hydrogens is 406 g/mol. The van der Waals surface area contributed by atoms with Crippen LogP contribution in [0.3, 0.4) is 0 Å². The summed E-state index contributed by atoms with van der Waals surface area (Å²) in [7, 11) is 0. The minimum Gasteiger partial charge on any atom is -0.477 e. The quantitative estimate of drug-likeness (QED) is 0.793. The second-order valence-electron chi connectivity index (χ2n) is 3.16. The van der Waals surface area contributed by atoms with Gasteiger partial charge >= 0.3 is 5.97 Å². The molecule has 18 heavy (non-hydrogen) atoms. The Labute approximate surface area is 127 Å². The van der Waals surface area contributed by atoms with Crippen molar-refractivity contribution in [3.8, 4) is 0 Å². The van der Waals surface area contributed by atoms with Gasteiger partial charge in [-0.1, -0.05) is 0 Å². The van der Waals surface area contributed by atoms with E-state index >= 15 is 0 Å².